The molecule has 1 fully saturated rings. The summed E-state index contributed by atoms with van der Waals surface area (Å²) in [5.74, 6) is 0.195. The van der Waals surface area contributed by atoms with E-state index in [0.29, 0.717) is 32.6 Å². The van der Waals surface area contributed by atoms with Crippen molar-refractivity contribution in [2.75, 3.05) is 26.2 Å². The van der Waals surface area contributed by atoms with Crippen LogP contribution in [0.15, 0.2) is 79.1 Å². The molecular weight excluding hydrogens is 388 g/mol. The van der Waals surface area contributed by atoms with E-state index in [0.717, 1.165) is 18.4 Å². The van der Waals surface area contributed by atoms with Crippen LogP contribution in [0.5, 0.6) is 0 Å². The zero-order chi connectivity index (χ0) is 21.5. The molecule has 6 nitrogen and oxygen atoms in total. The van der Waals surface area contributed by atoms with E-state index in [1.807, 2.05) is 70.6 Å². The highest BCUT2D eigenvalue weighted by Crippen LogP contribution is 2.21. The number of hydrogen-bond donors (Lipinski definition) is 0. The van der Waals surface area contributed by atoms with Crippen LogP contribution in [0.1, 0.15) is 30.0 Å². The summed E-state index contributed by atoms with van der Waals surface area (Å²) < 4.78 is 1.71. The van der Waals surface area contributed by atoms with E-state index in [4.69, 9.17) is 0 Å². The van der Waals surface area contributed by atoms with Gasteiger partial charge in [-0.1, -0.05) is 60.7 Å². The fourth-order valence-corrected chi connectivity index (χ4v) is 4.07. The van der Waals surface area contributed by atoms with Crippen molar-refractivity contribution in [3.05, 3.63) is 90.3 Å². The minimum Gasteiger partial charge on any atom is -0.339 e. The van der Waals surface area contributed by atoms with Crippen LogP contribution in [0.4, 0.5) is 0 Å². The second-order valence-electron chi connectivity index (χ2n) is 7.84. The molecular formula is C25H28N4O2. The number of piperazine rings is 1. The topological polar surface area (TPSA) is 58.4 Å². The van der Waals surface area contributed by atoms with Crippen molar-refractivity contribution >= 4 is 11.8 Å². The van der Waals surface area contributed by atoms with Crippen molar-refractivity contribution in [3.63, 3.8) is 0 Å². The summed E-state index contributed by atoms with van der Waals surface area (Å²) in [6.45, 7) is 2.26. The van der Waals surface area contributed by atoms with E-state index in [-0.39, 0.29) is 11.8 Å². The van der Waals surface area contributed by atoms with Gasteiger partial charge in [-0.2, -0.15) is 5.10 Å². The highest BCUT2D eigenvalue weighted by Gasteiger charge is 2.31. The van der Waals surface area contributed by atoms with Gasteiger partial charge in [-0.15, -0.1) is 0 Å². The molecule has 0 spiro atoms. The molecule has 2 aromatic carbocycles. The van der Waals surface area contributed by atoms with Gasteiger partial charge in [0.2, 0.25) is 5.91 Å². The number of benzene rings is 2. The van der Waals surface area contributed by atoms with Crippen LogP contribution in [0.25, 0.3) is 0 Å². The lowest BCUT2D eigenvalue weighted by atomic mass is 10.1. The number of hydrogen-bond acceptors (Lipinski definition) is 3. The maximum absolute atomic E-state index is 13.4. The Morgan fingerprint density at radius 3 is 2.13 bits per heavy atom. The highest BCUT2D eigenvalue weighted by atomic mass is 16.2. The molecule has 0 bridgehead atoms. The molecule has 0 radical (unpaired) electrons. The smallest absolute Gasteiger partial charge is 0.252 e. The molecule has 6 heteroatoms. The highest BCUT2D eigenvalue weighted by molar-refractivity contribution is 5.84. The molecule has 1 aliphatic rings. The number of carbonyl (C=O) groups is 2. The first-order chi connectivity index (χ1) is 15.2. The number of aromatic nitrogens is 2. The Morgan fingerprint density at radius 2 is 1.48 bits per heavy atom. The molecule has 1 unspecified atom stereocenters. The van der Waals surface area contributed by atoms with Gasteiger partial charge in [0.05, 0.1) is 0 Å². The van der Waals surface area contributed by atoms with Crippen LogP contribution >= 0.6 is 0 Å². The molecule has 0 N–H and O–H groups in total. The van der Waals surface area contributed by atoms with Gasteiger partial charge in [-0.25, -0.2) is 0 Å². The molecule has 160 valence electrons. The van der Waals surface area contributed by atoms with E-state index in [1.54, 1.807) is 10.9 Å². The lowest BCUT2D eigenvalue weighted by Crippen LogP contribution is -2.52. The monoisotopic (exact) mass is 416 g/mol. The molecule has 3 aromatic rings. The van der Waals surface area contributed by atoms with Crippen LogP contribution in [0.2, 0.25) is 0 Å². The maximum Gasteiger partial charge on any atom is 0.252 e. The lowest BCUT2D eigenvalue weighted by molar-refractivity contribution is -0.141. The Kier molecular flexibility index (Phi) is 6.77. The Hall–Kier alpha value is -3.41. The normalized spacial score (nSPS) is 15.0. The summed E-state index contributed by atoms with van der Waals surface area (Å²) in [5.41, 5.74) is 2.17. The summed E-state index contributed by atoms with van der Waals surface area (Å²) in [6.07, 6.45) is 5.81. The van der Waals surface area contributed by atoms with Crippen LogP contribution in [0, 0.1) is 0 Å². The third kappa shape index (κ3) is 5.20. The van der Waals surface area contributed by atoms with Crippen LogP contribution in [-0.4, -0.2) is 57.6 Å². The fraction of sp³-hybridized carbons (Fsp3) is 0.320. The molecule has 4 rings (SSSR count). The molecule has 1 atom stereocenters. The SMILES string of the molecule is O=C(CCCc1ccccc1)N1CCN(C(=O)C(c2ccccc2)n2cccn2)CC1. The van der Waals surface area contributed by atoms with Gasteiger partial charge < -0.3 is 9.80 Å². The maximum atomic E-state index is 13.4. The van der Waals surface area contributed by atoms with Gasteiger partial charge >= 0.3 is 0 Å². The molecule has 2 heterocycles. The van der Waals surface area contributed by atoms with Gasteiger partial charge in [-0.3, -0.25) is 14.3 Å². The summed E-state index contributed by atoms with van der Waals surface area (Å²) in [5, 5.41) is 4.32. The molecule has 2 amide bonds. The van der Waals surface area contributed by atoms with Crippen LogP contribution in [-0.2, 0) is 16.0 Å². The number of rotatable bonds is 7. The zero-order valence-corrected chi connectivity index (χ0v) is 17.6. The summed E-state index contributed by atoms with van der Waals surface area (Å²) >= 11 is 0. The average Bonchev–Trinajstić information content (AvgIpc) is 3.35. The van der Waals surface area contributed by atoms with Crippen molar-refractivity contribution < 1.29 is 9.59 Å². The zero-order valence-electron chi connectivity index (χ0n) is 17.6. The summed E-state index contributed by atoms with van der Waals surface area (Å²) in [7, 11) is 0. The summed E-state index contributed by atoms with van der Waals surface area (Å²) in [6, 6.07) is 21.3. The van der Waals surface area contributed by atoms with Gasteiger partial charge in [0.15, 0.2) is 6.04 Å². The molecule has 1 saturated heterocycles. The number of carbonyl (C=O) groups excluding carboxylic acids is 2. The molecule has 31 heavy (non-hydrogen) atoms. The Morgan fingerprint density at radius 1 is 0.839 bits per heavy atom. The number of amides is 2. The first kappa shape index (κ1) is 20.8. The summed E-state index contributed by atoms with van der Waals surface area (Å²) in [4.78, 5) is 29.7. The number of nitrogens with zero attached hydrogens (tertiary/aromatic N) is 4. The predicted octanol–water partition coefficient (Wildman–Crippen LogP) is 3.17. The van der Waals surface area contributed by atoms with E-state index in [2.05, 4.69) is 17.2 Å². The third-order valence-corrected chi connectivity index (χ3v) is 5.78. The van der Waals surface area contributed by atoms with E-state index in [1.165, 1.54) is 5.56 Å². The molecule has 0 saturated carbocycles. The van der Waals surface area contributed by atoms with Crippen LogP contribution in [0.3, 0.4) is 0 Å². The molecule has 1 aromatic heterocycles. The minimum atomic E-state index is -0.482. The second kappa shape index (κ2) is 10.1. The van der Waals surface area contributed by atoms with Crippen LogP contribution < -0.4 is 0 Å². The Balaban J connectivity index is 1.32. The first-order valence-corrected chi connectivity index (χ1v) is 10.9. The average molecular weight is 417 g/mol. The molecule has 1 aliphatic heterocycles. The quantitative estimate of drug-likeness (QED) is 0.594. The largest absolute Gasteiger partial charge is 0.339 e. The number of aryl methyl sites for hydroxylation is 1. The van der Waals surface area contributed by atoms with Crippen molar-refractivity contribution in [2.24, 2.45) is 0 Å². The van der Waals surface area contributed by atoms with Crippen molar-refractivity contribution in [2.45, 2.75) is 25.3 Å². The first-order valence-electron chi connectivity index (χ1n) is 10.9. The van der Waals surface area contributed by atoms with Gasteiger partial charge in [0.1, 0.15) is 0 Å². The third-order valence-electron chi connectivity index (χ3n) is 5.78. The Labute approximate surface area is 183 Å². The van der Waals surface area contributed by atoms with E-state index >= 15 is 0 Å². The van der Waals surface area contributed by atoms with Crippen molar-refractivity contribution in [1.82, 2.24) is 19.6 Å². The van der Waals surface area contributed by atoms with Gasteiger partial charge in [-0.05, 0) is 30.0 Å². The van der Waals surface area contributed by atoms with Crippen molar-refractivity contribution in [1.29, 1.82) is 0 Å². The van der Waals surface area contributed by atoms with E-state index < -0.39 is 6.04 Å². The van der Waals surface area contributed by atoms with E-state index in [9.17, 15) is 9.59 Å². The fourth-order valence-electron chi connectivity index (χ4n) is 4.07. The predicted molar refractivity (Wildman–Crippen MR) is 119 cm³/mol. The Bertz CT molecular complexity index is 965. The minimum absolute atomic E-state index is 0.0195. The van der Waals surface area contributed by atoms with Gasteiger partial charge in [0.25, 0.3) is 5.91 Å². The molecule has 0 aliphatic carbocycles. The lowest BCUT2D eigenvalue weighted by Gasteiger charge is -2.36. The van der Waals surface area contributed by atoms with Crippen molar-refractivity contribution in [3.8, 4) is 0 Å². The van der Waals surface area contributed by atoms with Gasteiger partial charge in [0, 0.05) is 45.0 Å². The standard InChI is InChI=1S/C25H28N4O2/c30-23(14-7-11-21-9-3-1-4-10-21)27-17-19-28(20-18-27)25(31)24(29-16-8-15-26-29)22-12-5-2-6-13-22/h1-6,8-10,12-13,15-16,24H,7,11,14,17-20H2. The second-order valence-corrected chi connectivity index (χ2v) is 7.84.